The Hall–Kier alpha value is -0.260. The molecule has 0 saturated heterocycles. The fourth-order valence-electron chi connectivity index (χ4n) is 1.73. The van der Waals surface area contributed by atoms with Gasteiger partial charge in [0.2, 0.25) is 0 Å². The zero-order valence-corrected chi connectivity index (χ0v) is 13.4. The van der Waals surface area contributed by atoms with Gasteiger partial charge in [-0.3, -0.25) is 0 Å². The van der Waals surface area contributed by atoms with Crippen molar-refractivity contribution in [3.8, 4) is 0 Å². The Morgan fingerprint density at radius 1 is 1.35 bits per heavy atom. The van der Waals surface area contributed by atoms with Crippen LogP contribution in [-0.2, 0) is 0 Å². The first-order valence-corrected chi connectivity index (χ1v) is 7.67. The van der Waals surface area contributed by atoms with Crippen molar-refractivity contribution in [3.05, 3.63) is 48.7 Å². The third-order valence-corrected chi connectivity index (χ3v) is 4.80. The first kappa shape index (κ1) is 13.2. The van der Waals surface area contributed by atoms with Crippen molar-refractivity contribution in [1.82, 2.24) is 0 Å². The Labute approximate surface area is 124 Å². The molecular formula is C13H13ClINS. The van der Waals surface area contributed by atoms with E-state index in [1.807, 2.05) is 12.1 Å². The Balaban J connectivity index is 2.21. The SMILES string of the molecule is Cc1ccsc1C(C)Nc1cc(I)ccc1Cl. The summed E-state index contributed by atoms with van der Waals surface area (Å²) in [6.45, 7) is 4.30. The molecule has 0 bridgehead atoms. The average Bonchev–Trinajstić information content (AvgIpc) is 2.70. The second-order valence-electron chi connectivity index (χ2n) is 3.96. The molecule has 0 aliphatic rings. The van der Waals surface area contributed by atoms with Crippen molar-refractivity contribution in [3.63, 3.8) is 0 Å². The molecule has 1 heterocycles. The van der Waals surface area contributed by atoms with Crippen LogP contribution in [0.25, 0.3) is 0 Å². The van der Waals surface area contributed by atoms with Gasteiger partial charge in [0.15, 0.2) is 0 Å². The summed E-state index contributed by atoms with van der Waals surface area (Å²) in [7, 11) is 0. The van der Waals surface area contributed by atoms with Gasteiger partial charge in [-0.15, -0.1) is 11.3 Å². The minimum Gasteiger partial charge on any atom is -0.376 e. The number of thiophene rings is 1. The molecule has 2 rings (SSSR count). The van der Waals surface area contributed by atoms with E-state index in [0.717, 1.165) is 10.7 Å². The monoisotopic (exact) mass is 377 g/mol. The second kappa shape index (κ2) is 5.59. The van der Waals surface area contributed by atoms with Crippen LogP contribution < -0.4 is 5.32 Å². The van der Waals surface area contributed by atoms with Crippen LogP contribution in [-0.4, -0.2) is 0 Å². The van der Waals surface area contributed by atoms with E-state index in [2.05, 4.69) is 59.3 Å². The Kier molecular flexibility index (Phi) is 4.33. The molecule has 0 aliphatic heterocycles. The highest BCUT2D eigenvalue weighted by Gasteiger charge is 2.11. The molecule has 0 fully saturated rings. The van der Waals surface area contributed by atoms with Crippen molar-refractivity contribution < 1.29 is 0 Å². The van der Waals surface area contributed by atoms with Crippen LogP contribution >= 0.6 is 45.5 Å². The number of anilines is 1. The lowest BCUT2D eigenvalue weighted by molar-refractivity contribution is 0.899. The van der Waals surface area contributed by atoms with Crippen molar-refractivity contribution in [1.29, 1.82) is 0 Å². The molecule has 0 saturated carbocycles. The van der Waals surface area contributed by atoms with Gasteiger partial charge < -0.3 is 5.32 Å². The van der Waals surface area contributed by atoms with Gasteiger partial charge in [-0.05, 0) is 71.6 Å². The third kappa shape index (κ3) is 3.14. The molecule has 0 spiro atoms. The molecule has 17 heavy (non-hydrogen) atoms. The van der Waals surface area contributed by atoms with Gasteiger partial charge in [0.1, 0.15) is 0 Å². The number of benzene rings is 1. The Bertz CT molecular complexity index is 524. The summed E-state index contributed by atoms with van der Waals surface area (Å²) in [4.78, 5) is 1.36. The maximum Gasteiger partial charge on any atom is 0.0638 e. The zero-order valence-electron chi connectivity index (χ0n) is 9.63. The minimum atomic E-state index is 0.283. The molecule has 0 aliphatic carbocycles. The number of hydrogen-bond acceptors (Lipinski definition) is 2. The normalized spacial score (nSPS) is 12.5. The van der Waals surface area contributed by atoms with Crippen LogP contribution in [0.2, 0.25) is 5.02 Å². The summed E-state index contributed by atoms with van der Waals surface area (Å²) >= 11 is 10.3. The zero-order chi connectivity index (χ0) is 12.4. The summed E-state index contributed by atoms with van der Waals surface area (Å²) in [6.07, 6.45) is 0. The molecule has 1 unspecified atom stereocenters. The van der Waals surface area contributed by atoms with E-state index in [1.54, 1.807) is 11.3 Å². The first-order chi connectivity index (χ1) is 8.08. The summed E-state index contributed by atoms with van der Waals surface area (Å²) < 4.78 is 1.18. The van der Waals surface area contributed by atoms with Crippen LogP contribution in [0.4, 0.5) is 5.69 Å². The molecule has 2 aromatic rings. The standard InChI is InChI=1S/C13H13ClINS/c1-8-5-6-17-13(8)9(2)16-12-7-10(15)3-4-11(12)14/h3-7,9,16H,1-2H3. The third-order valence-electron chi connectivity index (χ3n) is 2.60. The van der Waals surface area contributed by atoms with Crippen LogP contribution in [0.3, 0.4) is 0 Å². The fourth-order valence-corrected chi connectivity index (χ4v) is 3.33. The highest BCUT2D eigenvalue weighted by atomic mass is 127. The van der Waals surface area contributed by atoms with Crippen LogP contribution in [0, 0.1) is 10.5 Å². The molecule has 1 nitrogen and oxygen atoms in total. The average molecular weight is 378 g/mol. The minimum absolute atomic E-state index is 0.283. The molecule has 1 atom stereocenters. The molecule has 1 aromatic heterocycles. The molecule has 1 N–H and O–H groups in total. The van der Waals surface area contributed by atoms with Crippen molar-refractivity contribution in [2.75, 3.05) is 5.32 Å². The summed E-state index contributed by atoms with van der Waals surface area (Å²) in [6, 6.07) is 8.44. The lowest BCUT2D eigenvalue weighted by Crippen LogP contribution is -2.06. The van der Waals surface area contributed by atoms with Crippen LogP contribution in [0.5, 0.6) is 0 Å². The lowest BCUT2D eigenvalue weighted by Gasteiger charge is -2.16. The number of aryl methyl sites for hydroxylation is 1. The van der Waals surface area contributed by atoms with E-state index in [4.69, 9.17) is 11.6 Å². The first-order valence-electron chi connectivity index (χ1n) is 5.33. The maximum absolute atomic E-state index is 6.18. The summed E-state index contributed by atoms with van der Waals surface area (Å²) in [5, 5.41) is 6.36. The number of nitrogens with one attached hydrogen (secondary N) is 1. The molecule has 0 radical (unpaired) electrons. The Morgan fingerprint density at radius 3 is 2.76 bits per heavy atom. The Morgan fingerprint density at radius 2 is 2.12 bits per heavy atom. The van der Waals surface area contributed by atoms with Gasteiger partial charge in [-0.1, -0.05) is 11.6 Å². The molecule has 0 amide bonds. The topological polar surface area (TPSA) is 12.0 Å². The number of halogens is 2. The predicted molar refractivity (Wildman–Crippen MR) is 85.3 cm³/mol. The van der Waals surface area contributed by atoms with Crippen LogP contribution in [0.1, 0.15) is 23.4 Å². The summed E-state index contributed by atoms with van der Waals surface area (Å²) in [5.41, 5.74) is 2.33. The quantitative estimate of drug-likeness (QED) is 0.698. The van der Waals surface area contributed by atoms with E-state index in [1.165, 1.54) is 14.0 Å². The van der Waals surface area contributed by atoms with Gasteiger partial charge in [0, 0.05) is 8.45 Å². The van der Waals surface area contributed by atoms with Gasteiger partial charge in [-0.25, -0.2) is 0 Å². The van der Waals surface area contributed by atoms with Gasteiger partial charge in [0.25, 0.3) is 0 Å². The fraction of sp³-hybridized carbons (Fsp3) is 0.231. The van der Waals surface area contributed by atoms with E-state index >= 15 is 0 Å². The predicted octanol–water partition coefficient (Wildman–Crippen LogP) is 5.49. The molecule has 90 valence electrons. The highest BCUT2D eigenvalue weighted by molar-refractivity contribution is 14.1. The smallest absolute Gasteiger partial charge is 0.0638 e. The van der Waals surface area contributed by atoms with Crippen molar-refractivity contribution in [2.45, 2.75) is 19.9 Å². The van der Waals surface area contributed by atoms with E-state index in [-0.39, 0.29) is 6.04 Å². The van der Waals surface area contributed by atoms with Gasteiger partial charge in [0.05, 0.1) is 16.8 Å². The summed E-state index contributed by atoms with van der Waals surface area (Å²) in [5.74, 6) is 0. The molecule has 4 heteroatoms. The van der Waals surface area contributed by atoms with Crippen molar-refractivity contribution in [2.24, 2.45) is 0 Å². The highest BCUT2D eigenvalue weighted by Crippen LogP contribution is 2.30. The van der Waals surface area contributed by atoms with Gasteiger partial charge >= 0.3 is 0 Å². The van der Waals surface area contributed by atoms with Crippen molar-refractivity contribution >= 4 is 51.2 Å². The van der Waals surface area contributed by atoms with Crippen LogP contribution in [0.15, 0.2) is 29.6 Å². The maximum atomic E-state index is 6.18. The molecule has 1 aromatic carbocycles. The lowest BCUT2D eigenvalue weighted by atomic mass is 10.2. The number of rotatable bonds is 3. The number of hydrogen-bond donors (Lipinski definition) is 1. The van der Waals surface area contributed by atoms with E-state index in [0.29, 0.717) is 0 Å². The molecular weight excluding hydrogens is 365 g/mol. The largest absolute Gasteiger partial charge is 0.376 e. The van der Waals surface area contributed by atoms with E-state index in [9.17, 15) is 0 Å². The second-order valence-corrected chi connectivity index (χ2v) is 6.56. The van der Waals surface area contributed by atoms with Gasteiger partial charge in [-0.2, -0.15) is 0 Å². The van der Waals surface area contributed by atoms with E-state index < -0.39 is 0 Å².